The minimum absolute atomic E-state index is 0.0263. The molecule has 0 aromatic carbocycles. The van der Waals surface area contributed by atoms with Gasteiger partial charge in [0.15, 0.2) is 6.29 Å². The first-order valence-corrected chi connectivity index (χ1v) is 24.3. The molecule has 0 aromatic heterocycles. The summed E-state index contributed by atoms with van der Waals surface area (Å²) in [4.78, 5) is 66.0. The standard InChI is InChI=1S/C44H63N3O17S/c1-38(44-26-16-23(39(44,2)64-44)42(55)13-15-59-36(42)63-26)32(51)30-31-40(20-61-43(56,33(38)40)35(53)58-4)24(48)17-25(41(31,19-60-30)34(52)57-3)62-28(50)12-6-5-9-14-45-27(49)11-8-7-10-22-29-21(18-65-22)46-37(54)47-29/h21-26,29-33,36,48,51,55-56H,5-20H2,1-4H3,(H,45,49)(H2,46,47,54)/t21-,22-,23+,24-,25+,26-,29-,30+,31+,32+,33-,36-,38+,39-,40-,41-,42-,43-,44-/m0/s1. The van der Waals surface area contributed by atoms with Gasteiger partial charge in [0, 0.05) is 71.8 Å². The Morgan fingerprint density at radius 1 is 0.938 bits per heavy atom. The highest BCUT2D eigenvalue weighted by molar-refractivity contribution is 8.00. The van der Waals surface area contributed by atoms with Gasteiger partial charge in [-0.3, -0.25) is 14.4 Å². The van der Waals surface area contributed by atoms with E-state index in [4.69, 9.17) is 37.9 Å². The highest BCUT2D eigenvalue weighted by Gasteiger charge is 2.97. The van der Waals surface area contributed by atoms with E-state index in [0.717, 1.165) is 32.1 Å². The quantitative estimate of drug-likeness (QED) is 0.0360. The van der Waals surface area contributed by atoms with Gasteiger partial charge in [0.2, 0.25) is 5.91 Å². The largest absolute Gasteiger partial charge is 0.468 e. The maximum atomic E-state index is 14.4. The third-order valence-electron chi connectivity index (χ3n) is 17.9. The lowest BCUT2D eigenvalue weighted by molar-refractivity contribution is -0.316. The van der Waals surface area contributed by atoms with Crippen molar-refractivity contribution in [2.75, 3.05) is 46.3 Å². The number of methoxy groups -OCH3 is 2. The van der Waals surface area contributed by atoms with Crippen molar-refractivity contribution in [3.8, 4) is 0 Å². The van der Waals surface area contributed by atoms with Gasteiger partial charge in [-0.25, -0.2) is 9.59 Å². The Morgan fingerprint density at radius 3 is 2.48 bits per heavy atom. The average Bonchev–Trinajstić information content (AvgIpc) is 3.94. The van der Waals surface area contributed by atoms with E-state index in [1.54, 1.807) is 6.92 Å². The number of aliphatic hydroxyl groups excluding tert-OH is 2. The zero-order valence-electron chi connectivity index (χ0n) is 37.2. The Kier molecular flexibility index (Phi) is 11.2. The first-order valence-electron chi connectivity index (χ1n) is 23.3. The van der Waals surface area contributed by atoms with Crippen LogP contribution in [-0.2, 0) is 57.1 Å². The molecule has 7 aliphatic heterocycles. The van der Waals surface area contributed by atoms with E-state index < -0.39 is 125 Å². The van der Waals surface area contributed by atoms with Gasteiger partial charge in [-0.05, 0) is 39.0 Å². The van der Waals surface area contributed by atoms with Crippen molar-refractivity contribution in [1.29, 1.82) is 0 Å². The van der Waals surface area contributed by atoms with Crippen molar-refractivity contribution >= 4 is 41.6 Å². The van der Waals surface area contributed by atoms with Crippen molar-refractivity contribution < 1.29 is 82.3 Å². The van der Waals surface area contributed by atoms with Crippen molar-refractivity contribution in [3.05, 3.63) is 0 Å². The van der Waals surface area contributed by atoms with Crippen molar-refractivity contribution in [2.45, 2.75) is 161 Å². The lowest BCUT2D eigenvalue weighted by Gasteiger charge is -2.65. The maximum absolute atomic E-state index is 14.4. The lowest BCUT2D eigenvalue weighted by Crippen LogP contribution is -2.78. The summed E-state index contributed by atoms with van der Waals surface area (Å²) < 4.78 is 48.3. The minimum atomic E-state index is -2.79. The Labute approximate surface area is 380 Å². The van der Waals surface area contributed by atoms with Crippen LogP contribution in [0.5, 0.6) is 0 Å². The van der Waals surface area contributed by atoms with Crippen LogP contribution in [0, 0.1) is 34.0 Å². The normalized spacial score (nSPS) is 50.2. The molecule has 3 amide bonds. The number of aliphatic hydroxyl groups is 4. The number of thioether (sulfide) groups is 1. The van der Waals surface area contributed by atoms with Gasteiger partial charge < -0.3 is 74.3 Å². The number of fused-ring (bicyclic) bond motifs is 8. The molecular formula is C44H63N3O17S. The van der Waals surface area contributed by atoms with E-state index in [1.165, 1.54) is 7.11 Å². The Balaban J connectivity index is 0.821. The number of rotatable bonds is 15. The number of epoxide rings is 1. The monoisotopic (exact) mass is 937 g/mol. The number of esters is 3. The molecule has 3 aliphatic carbocycles. The number of unbranched alkanes of at least 4 members (excludes halogenated alkanes) is 3. The number of hydrogen-bond donors (Lipinski definition) is 7. The molecule has 7 N–H and O–H groups in total. The molecule has 65 heavy (non-hydrogen) atoms. The van der Waals surface area contributed by atoms with E-state index in [0.29, 0.717) is 43.9 Å². The molecule has 2 bridgehead atoms. The molecule has 10 fully saturated rings. The summed E-state index contributed by atoms with van der Waals surface area (Å²) in [5.74, 6) is -7.89. The summed E-state index contributed by atoms with van der Waals surface area (Å²) in [6, 6.07) is 0.205. The van der Waals surface area contributed by atoms with Crippen LogP contribution in [0.2, 0.25) is 0 Å². The maximum Gasteiger partial charge on any atom is 0.366 e. The summed E-state index contributed by atoms with van der Waals surface area (Å²) in [6.45, 7) is 3.29. The molecule has 7 saturated heterocycles. The minimum Gasteiger partial charge on any atom is -0.468 e. The Bertz CT molecular complexity index is 1980. The van der Waals surface area contributed by atoms with Gasteiger partial charge in [0.05, 0.1) is 70.5 Å². The van der Waals surface area contributed by atoms with Crippen LogP contribution in [0.15, 0.2) is 0 Å². The van der Waals surface area contributed by atoms with Gasteiger partial charge in [0.25, 0.3) is 5.79 Å². The molecule has 0 aromatic rings. The Morgan fingerprint density at radius 2 is 1.71 bits per heavy atom. The number of hydrogen-bond acceptors (Lipinski definition) is 18. The second kappa shape index (κ2) is 15.8. The fourth-order valence-electron chi connectivity index (χ4n) is 15.2. The van der Waals surface area contributed by atoms with E-state index >= 15 is 0 Å². The molecule has 20 nitrogen and oxygen atoms in total. The number of carbonyl (C=O) groups is 5. The predicted molar refractivity (Wildman–Crippen MR) is 221 cm³/mol. The summed E-state index contributed by atoms with van der Waals surface area (Å²) in [6.07, 6.45) is -2.68. The van der Waals surface area contributed by atoms with E-state index in [1.807, 2.05) is 18.7 Å². The summed E-state index contributed by atoms with van der Waals surface area (Å²) >= 11 is 1.85. The van der Waals surface area contributed by atoms with Gasteiger partial charge in [0.1, 0.15) is 28.3 Å². The predicted octanol–water partition coefficient (Wildman–Crippen LogP) is -0.461. The molecule has 1 spiro atoms. The summed E-state index contributed by atoms with van der Waals surface area (Å²) in [7, 11) is 2.26. The highest BCUT2D eigenvalue weighted by Crippen LogP contribution is 2.83. The van der Waals surface area contributed by atoms with Crippen LogP contribution in [0.3, 0.4) is 0 Å². The van der Waals surface area contributed by atoms with Crippen LogP contribution in [0.25, 0.3) is 0 Å². The molecule has 3 saturated carbocycles. The number of urea groups is 1. The number of amides is 3. The van der Waals surface area contributed by atoms with Gasteiger partial charge in [-0.15, -0.1) is 0 Å². The van der Waals surface area contributed by atoms with Gasteiger partial charge in [-0.1, -0.05) is 19.8 Å². The van der Waals surface area contributed by atoms with Crippen molar-refractivity contribution in [1.82, 2.24) is 16.0 Å². The number of nitrogens with one attached hydrogen (secondary N) is 3. The summed E-state index contributed by atoms with van der Waals surface area (Å²) in [5.41, 5.74) is -9.38. The first-order chi connectivity index (χ1) is 30.9. The molecule has 0 unspecified atom stereocenters. The fraction of sp³-hybridized carbons (Fsp3) is 0.886. The average molecular weight is 938 g/mol. The lowest BCUT2D eigenvalue weighted by atomic mass is 9.37. The van der Waals surface area contributed by atoms with Crippen LogP contribution in [-0.4, -0.2) is 173 Å². The first kappa shape index (κ1) is 45.9. The molecule has 19 atom stereocenters. The number of carbonyl (C=O) groups excluding carboxylic acids is 5. The van der Waals surface area contributed by atoms with E-state index in [2.05, 4.69) is 16.0 Å². The molecule has 7 heterocycles. The topological polar surface area (TPSA) is 279 Å². The van der Waals surface area contributed by atoms with Crippen LogP contribution in [0.1, 0.15) is 84.5 Å². The highest BCUT2D eigenvalue weighted by atomic mass is 32.2. The van der Waals surface area contributed by atoms with Gasteiger partial charge >= 0.3 is 23.9 Å². The van der Waals surface area contributed by atoms with Crippen molar-refractivity contribution in [2.24, 2.45) is 34.0 Å². The second-order valence-corrected chi connectivity index (χ2v) is 21.9. The zero-order chi connectivity index (χ0) is 46.1. The fourth-order valence-corrected chi connectivity index (χ4v) is 16.7. The number of ether oxygens (including phenoxy) is 8. The molecular weight excluding hydrogens is 875 g/mol. The van der Waals surface area contributed by atoms with Crippen LogP contribution >= 0.6 is 11.8 Å². The molecule has 10 aliphatic rings. The zero-order valence-corrected chi connectivity index (χ0v) is 38.1. The van der Waals surface area contributed by atoms with Crippen molar-refractivity contribution in [3.63, 3.8) is 0 Å². The Hall–Kier alpha value is -2.86. The molecule has 0 radical (unpaired) electrons. The second-order valence-electron chi connectivity index (χ2n) is 20.6. The van der Waals surface area contributed by atoms with Crippen LogP contribution in [0.4, 0.5) is 4.79 Å². The van der Waals surface area contributed by atoms with Crippen LogP contribution < -0.4 is 16.0 Å². The van der Waals surface area contributed by atoms with E-state index in [9.17, 15) is 44.4 Å². The third kappa shape index (κ3) is 6.04. The van der Waals surface area contributed by atoms with E-state index in [-0.39, 0.29) is 49.9 Å². The SMILES string of the molecule is COC(=O)[C@@]12CO[C@H]3[C@@H](O)[C@@](C)([C@]45O[C@@]4(C)[C@H]4C[C@@H]5O[C@@H]5OCC[C@@]54O)[C@H]4[C@@](CO[C@]4(O)C(=O)OC)([C@@H](O)C[C@H]1OC(=O)CCCCCNC(=O)CCCC[C@@H]1SC[C@@H]4NC(=O)N[C@@H]41)[C@@H]32. The molecule has 362 valence electrons. The summed E-state index contributed by atoms with van der Waals surface area (Å²) in [5, 5.41) is 59.4. The smallest absolute Gasteiger partial charge is 0.366 e. The third-order valence-corrected chi connectivity index (χ3v) is 19.4. The van der Waals surface area contributed by atoms with Gasteiger partial charge in [-0.2, -0.15) is 11.8 Å². The molecule has 21 heteroatoms. The molecule has 10 rings (SSSR count).